The van der Waals surface area contributed by atoms with Crippen molar-refractivity contribution in [3.8, 4) is 5.88 Å². The van der Waals surface area contributed by atoms with Crippen molar-refractivity contribution in [3.05, 3.63) is 70.6 Å². The summed E-state index contributed by atoms with van der Waals surface area (Å²) in [7, 11) is 1.43. The van der Waals surface area contributed by atoms with Gasteiger partial charge in [0.15, 0.2) is 0 Å². The summed E-state index contributed by atoms with van der Waals surface area (Å²) in [4.78, 5) is 20.2. The van der Waals surface area contributed by atoms with Gasteiger partial charge >= 0.3 is 0 Å². The number of hydroxylamine groups is 1. The predicted octanol–water partition coefficient (Wildman–Crippen LogP) is 5.09. The number of rotatable bonds is 10. The van der Waals surface area contributed by atoms with E-state index in [0.717, 1.165) is 36.1 Å². The van der Waals surface area contributed by atoms with E-state index in [9.17, 15) is 4.79 Å². The van der Waals surface area contributed by atoms with E-state index in [1.807, 2.05) is 32.9 Å². The Morgan fingerprint density at radius 1 is 1.15 bits per heavy atom. The van der Waals surface area contributed by atoms with Crippen molar-refractivity contribution >= 4 is 12.0 Å². The zero-order valence-electron chi connectivity index (χ0n) is 21.3. The van der Waals surface area contributed by atoms with Crippen LogP contribution in [0.25, 0.3) is 0 Å². The Bertz CT molecular complexity index is 906. The number of carbonyl (C=O) groups excluding carboxylic acids is 1. The number of carbonyl (C=O) groups is 1. The quantitative estimate of drug-likeness (QED) is 0.372. The summed E-state index contributed by atoms with van der Waals surface area (Å²) < 4.78 is 11.2. The molecule has 1 aliphatic heterocycles. The van der Waals surface area contributed by atoms with Gasteiger partial charge in [0.25, 0.3) is 0 Å². The topological polar surface area (TPSA) is 93.0 Å². The summed E-state index contributed by atoms with van der Waals surface area (Å²) in [5, 5.41) is 7.32. The molecule has 34 heavy (non-hydrogen) atoms. The lowest BCUT2D eigenvalue weighted by Gasteiger charge is -2.10. The second-order valence-electron chi connectivity index (χ2n) is 7.49. The Morgan fingerprint density at radius 3 is 2.38 bits per heavy atom. The maximum Gasteiger partial charge on any atom is 0.213 e. The highest BCUT2D eigenvalue weighted by atomic mass is 16.5. The number of hydrogen-bond acceptors (Lipinski definition) is 7. The Morgan fingerprint density at radius 2 is 1.82 bits per heavy atom. The van der Waals surface area contributed by atoms with Crippen molar-refractivity contribution in [2.45, 2.75) is 60.0 Å². The first kappa shape index (κ1) is 29.2. The molecule has 1 atom stereocenters. The van der Waals surface area contributed by atoms with Crippen molar-refractivity contribution in [1.29, 1.82) is 0 Å². The fourth-order valence-corrected chi connectivity index (χ4v) is 3.29. The Balaban J connectivity index is 0.00000107. The highest BCUT2D eigenvalue weighted by Gasteiger charge is 2.16. The van der Waals surface area contributed by atoms with Crippen molar-refractivity contribution in [3.63, 3.8) is 0 Å². The van der Waals surface area contributed by atoms with Crippen LogP contribution in [0.5, 0.6) is 5.88 Å². The molecule has 0 aliphatic carbocycles. The van der Waals surface area contributed by atoms with E-state index >= 15 is 0 Å². The van der Waals surface area contributed by atoms with Crippen molar-refractivity contribution in [1.82, 2.24) is 10.5 Å². The number of hydrogen-bond donors (Lipinski definition) is 2. The molecule has 1 aliphatic rings. The number of benzene rings is 1. The summed E-state index contributed by atoms with van der Waals surface area (Å²) in [6.07, 6.45) is 4.31. The van der Waals surface area contributed by atoms with Crippen LogP contribution in [0.4, 0.5) is 0 Å². The second kappa shape index (κ2) is 16.7. The molecule has 1 aromatic heterocycles. The van der Waals surface area contributed by atoms with E-state index < -0.39 is 6.10 Å². The van der Waals surface area contributed by atoms with Gasteiger partial charge in [-0.05, 0) is 37.5 Å². The van der Waals surface area contributed by atoms with E-state index in [4.69, 9.17) is 19.7 Å². The summed E-state index contributed by atoms with van der Waals surface area (Å²) in [6.45, 7) is 11.1. The molecular weight excluding hydrogens is 430 g/mol. The van der Waals surface area contributed by atoms with Gasteiger partial charge in [-0.25, -0.2) is 10.5 Å². The fraction of sp³-hybridized carbons (Fsp3) is 0.444. The highest BCUT2D eigenvalue weighted by molar-refractivity contribution is 6.04. The minimum absolute atomic E-state index is 0.425. The molecule has 0 bridgehead atoms. The highest BCUT2D eigenvalue weighted by Crippen LogP contribution is 2.25. The fourth-order valence-electron chi connectivity index (χ4n) is 3.29. The van der Waals surface area contributed by atoms with Crippen LogP contribution in [-0.4, -0.2) is 48.6 Å². The van der Waals surface area contributed by atoms with E-state index in [-0.39, 0.29) is 0 Å². The van der Waals surface area contributed by atoms with Gasteiger partial charge in [-0.3, -0.25) is 4.99 Å². The number of aliphatic imine (C=N–C) groups is 1. The number of aldehydes is 1. The third-order valence-electron chi connectivity index (χ3n) is 4.94. The molecule has 2 heterocycles. The zero-order valence-corrected chi connectivity index (χ0v) is 21.3. The number of aromatic nitrogens is 1. The maximum atomic E-state index is 11.0. The van der Waals surface area contributed by atoms with Gasteiger partial charge in [0, 0.05) is 50.9 Å². The lowest BCUT2D eigenvalue weighted by atomic mass is 10.0. The number of allylic oxidation sites excluding steroid dienone is 1. The first-order chi connectivity index (χ1) is 16.5. The van der Waals surface area contributed by atoms with Gasteiger partial charge in [0.05, 0.1) is 12.3 Å². The minimum atomic E-state index is -0.425. The molecule has 0 amide bonds. The standard InChI is InChI=1S/C24H28N2O3.C2H6.CH5NO/c1-4-28-21(16-27)14-19-7-10-24(25-15-19)29-12-11-22-18(3)13-23(26-22)20-8-5-17(2)6-9-20;1-2;1-2-3/h5-10,15-16,21H,4,11-14H2,1-3H3;1-2H3;2-3H,1H3. The molecular formula is C27H39N3O4. The Hall–Kier alpha value is -2.87. The first-order valence-electron chi connectivity index (χ1n) is 11.8. The Kier molecular flexibility index (Phi) is 14.3. The van der Waals surface area contributed by atoms with Gasteiger partial charge in [-0.2, -0.15) is 0 Å². The molecule has 7 heteroatoms. The molecule has 0 saturated heterocycles. The van der Waals surface area contributed by atoms with Gasteiger partial charge in [0.1, 0.15) is 12.4 Å². The molecule has 0 radical (unpaired) electrons. The molecule has 3 rings (SSSR count). The number of nitrogens with zero attached hydrogens (tertiary/aromatic N) is 2. The SMILES string of the molecule is CC.CCOC(C=O)Cc1ccc(OCCC2=C(C)CC(c3ccc(C)cc3)=N2)nc1.CNO. The van der Waals surface area contributed by atoms with Crippen LogP contribution in [0.2, 0.25) is 0 Å². The molecule has 2 N–H and O–H groups in total. The zero-order chi connectivity index (χ0) is 25.3. The van der Waals surface area contributed by atoms with Crippen LogP contribution in [0.1, 0.15) is 57.2 Å². The van der Waals surface area contributed by atoms with Crippen molar-refractivity contribution < 1.29 is 19.5 Å². The predicted molar refractivity (Wildman–Crippen MR) is 137 cm³/mol. The van der Waals surface area contributed by atoms with Gasteiger partial charge in [-0.15, -0.1) is 0 Å². The Labute approximate surface area is 203 Å². The van der Waals surface area contributed by atoms with Crippen LogP contribution in [-0.2, 0) is 16.0 Å². The molecule has 0 spiro atoms. The van der Waals surface area contributed by atoms with Crippen molar-refractivity contribution in [2.24, 2.45) is 4.99 Å². The average Bonchev–Trinajstić information content (AvgIpc) is 3.22. The van der Waals surface area contributed by atoms with Crippen LogP contribution in [0.15, 0.2) is 58.9 Å². The van der Waals surface area contributed by atoms with Crippen LogP contribution >= 0.6 is 0 Å². The van der Waals surface area contributed by atoms with Gasteiger partial charge in [-0.1, -0.05) is 49.7 Å². The van der Waals surface area contributed by atoms with E-state index in [0.29, 0.717) is 25.5 Å². The molecule has 7 nitrogen and oxygen atoms in total. The van der Waals surface area contributed by atoms with Crippen LogP contribution < -0.4 is 10.2 Å². The summed E-state index contributed by atoms with van der Waals surface area (Å²) >= 11 is 0. The number of nitrogens with one attached hydrogen (secondary N) is 1. The average molecular weight is 470 g/mol. The van der Waals surface area contributed by atoms with E-state index in [1.165, 1.54) is 23.7 Å². The number of pyridine rings is 1. The van der Waals surface area contributed by atoms with E-state index in [2.05, 4.69) is 43.1 Å². The lowest BCUT2D eigenvalue weighted by molar-refractivity contribution is -0.117. The summed E-state index contributed by atoms with van der Waals surface area (Å²) in [6, 6.07) is 12.3. The summed E-state index contributed by atoms with van der Waals surface area (Å²) in [5.74, 6) is 0.576. The maximum absolute atomic E-state index is 11.0. The molecule has 2 aromatic rings. The largest absolute Gasteiger partial charge is 0.477 e. The van der Waals surface area contributed by atoms with Gasteiger partial charge in [0.2, 0.25) is 5.88 Å². The molecule has 0 saturated carbocycles. The summed E-state index contributed by atoms with van der Waals surface area (Å²) in [5.41, 5.74) is 8.65. The van der Waals surface area contributed by atoms with Gasteiger partial charge < -0.3 is 19.5 Å². The van der Waals surface area contributed by atoms with Crippen molar-refractivity contribution in [2.75, 3.05) is 20.3 Å². The molecule has 186 valence electrons. The van der Waals surface area contributed by atoms with Crippen LogP contribution in [0.3, 0.4) is 0 Å². The normalized spacial score (nSPS) is 13.2. The van der Waals surface area contributed by atoms with E-state index in [1.54, 1.807) is 11.7 Å². The molecule has 1 aromatic carbocycles. The smallest absolute Gasteiger partial charge is 0.213 e. The number of aryl methyl sites for hydroxylation is 1. The lowest BCUT2D eigenvalue weighted by Crippen LogP contribution is -2.17. The molecule has 1 unspecified atom stereocenters. The third kappa shape index (κ3) is 9.95. The minimum Gasteiger partial charge on any atom is -0.477 e. The van der Waals surface area contributed by atoms with Crippen LogP contribution in [0, 0.1) is 6.92 Å². The first-order valence-corrected chi connectivity index (χ1v) is 11.8. The number of ether oxygens (including phenoxy) is 2. The monoisotopic (exact) mass is 469 g/mol. The second-order valence-corrected chi connectivity index (χ2v) is 7.49. The molecule has 0 fully saturated rings. The third-order valence-corrected chi connectivity index (χ3v) is 4.94.